The number of aromatic amines is 1. The van der Waals surface area contributed by atoms with Crippen molar-refractivity contribution in [3.63, 3.8) is 0 Å². The Bertz CT molecular complexity index is 826. The molecule has 0 bridgehead atoms. The zero-order valence-corrected chi connectivity index (χ0v) is 17.3. The number of piperidine rings is 1. The number of hydrogen-bond donors (Lipinski definition) is 2. The first-order chi connectivity index (χ1) is 13.5. The van der Waals surface area contributed by atoms with Crippen LogP contribution in [0.25, 0.3) is 11.0 Å². The monoisotopic (exact) mass is 382 g/mol. The highest BCUT2D eigenvalue weighted by Crippen LogP contribution is 2.37. The maximum absolute atomic E-state index is 12.9. The molecular formula is C23H34N4O. The standard InChI is InChI=1S/C23H34N4O/c1-15(2)27-12-10-17(11-13-27)21-22-19(26-23(21)24)9-8-18(25-22)20(28)14-16-6-4-3-5-7-16/h8-9,15-17,26H,3-7,10-14,24H2,1-2H3. The second kappa shape index (κ2) is 8.24. The molecule has 0 radical (unpaired) electrons. The Kier molecular flexibility index (Phi) is 5.72. The highest BCUT2D eigenvalue weighted by molar-refractivity contribution is 5.97. The molecule has 1 aliphatic carbocycles. The number of H-pyrrole nitrogens is 1. The first-order valence-electron chi connectivity index (χ1n) is 11.1. The molecule has 1 aliphatic heterocycles. The second-order valence-electron chi connectivity index (χ2n) is 9.08. The first-order valence-corrected chi connectivity index (χ1v) is 11.1. The topological polar surface area (TPSA) is 75.0 Å². The van der Waals surface area contributed by atoms with Gasteiger partial charge in [0, 0.05) is 18.0 Å². The molecule has 2 fully saturated rings. The molecule has 152 valence electrons. The molecule has 5 heteroatoms. The van der Waals surface area contributed by atoms with Gasteiger partial charge in [-0.25, -0.2) is 4.98 Å². The smallest absolute Gasteiger partial charge is 0.181 e. The molecule has 0 aromatic carbocycles. The lowest BCUT2D eigenvalue weighted by molar-refractivity contribution is 0.0945. The van der Waals surface area contributed by atoms with Crippen LogP contribution >= 0.6 is 0 Å². The highest BCUT2D eigenvalue weighted by Gasteiger charge is 2.27. The van der Waals surface area contributed by atoms with Gasteiger partial charge in [-0.05, 0) is 63.7 Å². The Morgan fingerprint density at radius 3 is 2.57 bits per heavy atom. The van der Waals surface area contributed by atoms with E-state index >= 15 is 0 Å². The van der Waals surface area contributed by atoms with Crippen molar-refractivity contribution in [3.8, 4) is 0 Å². The van der Waals surface area contributed by atoms with E-state index in [2.05, 4.69) is 23.7 Å². The lowest BCUT2D eigenvalue weighted by atomic mass is 9.85. The number of nitrogens with zero attached hydrogens (tertiary/aromatic N) is 2. The van der Waals surface area contributed by atoms with Crippen LogP contribution in [0, 0.1) is 5.92 Å². The predicted molar refractivity (Wildman–Crippen MR) is 115 cm³/mol. The summed E-state index contributed by atoms with van der Waals surface area (Å²) < 4.78 is 0. The van der Waals surface area contributed by atoms with E-state index in [1.165, 1.54) is 32.1 Å². The average Bonchev–Trinajstić information content (AvgIpc) is 3.03. The molecule has 5 nitrogen and oxygen atoms in total. The van der Waals surface area contributed by atoms with Crippen LogP contribution in [0.2, 0.25) is 0 Å². The SMILES string of the molecule is CC(C)N1CCC(c2c(N)[nH]c3ccc(C(=O)CC4CCCCC4)nc23)CC1. The molecule has 1 saturated heterocycles. The third-order valence-electron chi connectivity index (χ3n) is 6.86. The number of nitrogens with two attached hydrogens (primary N) is 1. The van der Waals surface area contributed by atoms with Gasteiger partial charge in [0.25, 0.3) is 0 Å². The fourth-order valence-corrected chi connectivity index (χ4v) is 5.14. The number of ketones is 1. The summed E-state index contributed by atoms with van der Waals surface area (Å²) in [7, 11) is 0. The Morgan fingerprint density at radius 1 is 1.18 bits per heavy atom. The number of nitrogens with one attached hydrogen (secondary N) is 1. The van der Waals surface area contributed by atoms with Gasteiger partial charge < -0.3 is 15.6 Å². The molecule has 1 saturated carbocycles. The predicted octanol–water partition coefficient (Wildman–Crippen LogP) is 4.89. The molecular weight excluding hydrogens is 348 g/mol. The van der Waals surface area contributed by atoms with Gasteiger partial charge in [0.1, 0.15) is 11.5 Å². The molecule has 0 unspecified atom stereocenters. The van der Waals surface area contributed by atoms with Crippen LogP contribution in [-0.2, 0) is 0 Å². The molecule has 28 heavy (non-hydrogen) atoms. The summed E-state index contributed by atoms with van der Waals surface area (Å²) in [6, 6.07) is 4.44. The van der Waals surface area contributed by atoms with Crippen LogP contribution < -0.4 is 5.73 Å². The number of anilines is 1. The number of aromatic nitrogens is 2. The summed E-state index contributed by atoms with van der Waals surface area (Å²) in [5.74, 6) is 1.87. The van der Waals surface area contributed by atoms with Crippen molar-refractivity contribution in [2.75, 3.05) is 18.8 Å². The van der Waals surface area contributed by atoms with Crippen molar-refractivity contribution in [2.45, 2.75) is 77.2 Å². The molecule has 0 amide bonds. The zero-order chi connectivity index (χ0) is 19.7. The van der Waals surface area contributed by atoms with Crippen molar-refractivity contribution in [1.82, 2.24) is 14.9 Å². The van der Waals surface area contributed by atoms with Crippen LogP contribution in [0.5, 0.6) is 0 Å². The molecule has 4 rings (SSSR count). The summed E-state index contributed by atoms with van der Waals surface area (Å²) in [5, 5.41) is 0. The van der Waals surface area contributed by atoms with E-state index < -0.39 is 0 Å². The minimum Gasteiger partial charge on any atom is -0.385 e. The number of carbonyl (C=O) groups excluding carboxylic acids is 1. The number of Topliss-reactive ketones (excluding diaryl/α,β-unsaturated/α-hetero) is 1. The van der Waals surface area contributed by atoms with E-state index in [-0.39, 0.29) is 5.78 Å². The Morgan fingerprint density at radius 2 is 1.89 bits per heavy atom. The molecule has 2 aliphatic rings. The summed E-state index contributed by atoms with van der Waals surface area (Å²) in [6.07, 6.45) is 9.04. The minimum atomic E-state index is 0.189. The van der Waals surface area contributed by atoms with Gasteiger partial charge in [-0.3, -0.25) is 4.79 Å². The Balaban J connectivity index is 1.55. The van der Waals surface area contributed by atoms with Gasteiger partial charge in [0.2, 0.25) is 0 Å². The number of likely N-dealkylation sites (tertiary alicyclic amines) is 1. The number of hydrogen-bond acceptors (Lipinski definition) is 4. The van der Waals surface area contributed by atoms with Crippen molar-refractivity contribution < 1.29 is 4.79 Å². The van der Waals surface area contributed by atoms with Crippen LogP contribution in [0.15, 0.2) is 12.1 Å². The van der Waals surface area contributed by atoms with E-state index in [9.17, 15) is 4.79 Å². The van der Waals surface area contributed by atoms with Crippen molar-refractivity contribution in [2.24, 2.45) is 5.92 Å². The van der Waals surface area contributed by atoms with E-state index in [0.717, 1.165) is 48.3 Å². The summed E-state index contributed by atoms with van der Waals surface area (Å²) in [4.78, 5) is 23.5. The van der Waals surface area contributed by atoms with E-state index in [4.69, 9.17) is 10.7 Å². The highest BCUT2D eigenvalue weighted by atomic mass is 16.1. The normalized spacial score (nSPS) is 20.2. The van der Waals surface area contributed by atoms with E-state index in [0.29, 0.717) is 30.0 Å². The molecule has 3 N–H and O–H groups in total. The zero-order valence-electron chi connectivity index (χ0n) is 17.3. The maximum atomic E-state index is 12.9. The fraction of sp³-hybridized carbons (Fsp3) is 0.652. The van der Waals surface area contributed by atoms with Crippen LogP contribution in [0.3, 0.4) is 0 Å². The van der Waals surface area contributed by atoms with Gasteiger partial charge in [-0.1, -0.05) is 32.1 Å². The third kappa shape index (κ3) is 3.95. The fourth-order valence-electron chi connectivity index (χ4n) is 5.14. The summed E-state index contributed by atoms with van der Waals surface area (Å²) in [6.45, 7) is 6.70. The molecule has 0 spiro atoms. The molecule has 3 heterocycles. The number of fused-ring (bicyclic) bond motifs is 1. The number of carbonyl (C=O) groups is 1. The molecule has 0 atom stereocenters. The lowest BCUT2D eigenvalue weighted by Gasteiger charge is -2.34. The lowest BCUT2D eigenvalue weighted by Crippen LogP contribution is -2.37. The second-order valence-corrected chi connectivity index (χ2v) is 9.08. The van der Waals surface area contributed by atoms with E-state index in [1.54, 1.807) is 0 Å². The van der Waals surface area contributed by atoms with Gasteiger partial charge in [0.15, 0.2) is 5.78 Å². The number of nitrogen functional groups attached to an aromatic ring is 1. The number of pyridine rings is 1. The Labute approximate surface area is 168 Å². The largest absolute Gasteiger partial charge is 0.385 e. The van der Waals surface area contributed by atoms with Crippen LogP contribution in [0.4, 0.5) is 5.82 Å². The van der Waals surface area contributed by atoms with Crippen molar-refractivity contribution in [1.29, 1.82) is 0 Å². The van der Waals surface area contributed by atoms with Crippen LogP contribution in [-0.4, -0.2) is 39.8 Å². The first kappa shape index (κ1) is 19.4. The summed E-state index contributed by atoms with van der Waals surface area (Å²) in [5.41, 5.74) is 9.96. The van der Waals surface area contributed by atoms with Crippen LogP contribution in [0.1, 0.15) is 87.2 Å². The quantitative estimate of drug-likeness (QED) is 0.722. The van der Waals surface area contributed by atoms with Gasteiger partial charge in [0.05, 0.1) is 11.0 Å². The number of rotatable bonds is 5. The molecule has 2 aromatic heterocycles. The average molecular weight is 383 g/mol. The van der Waals surface area contributed by atoms with Crippen molar-refractivity contribution in [3.05, 3.63) is 23.4 Å². The van der Waals surface area contributed by atoms with E-state index in [1.807, 2.05) is 12.1 Å². The summed E-state index contributed by atoms with van der Waals surface area (Å²) >= 11 is 0. The maximum Gasteiger partial charge on any atom is 0.181 e. The molecule has 2 aromatic rings. The third-order valence-corrected chi connectivity index (χ3v) is 6.86. The van der Waals surface area contributed by atoms with Crippen molar-refractivity contribution >= 4 is 22.6 Å². The van der Waals surface area contributed by atoms with Gasteiger partial charge in [-0.2, -0.15) is 0 Å². The minimum absolute atomic E-state index is 0.189. The van der Waals surface area contributed by atoms with Gasteiger partial charge in [-0.15, -0.1) is 0 Å². The Hall–Kier alpha value is -1.88. The van der Waals surface area contributed by atoms with Gasteiger partial charge >= 0.3 is 0 Å².